The lowest BCUT2D eigenvalue weighted by Crippen LogP contribution is -2.37. The van der Waals surface area contributed by atoms with Crippen molar-refractivity contribution in [2.24, 2.45) is 16.1 Å². The minimum Gasteiger partial charge on any atom is -0.369 e. The second-order valence-corrected chi connectivity index (χ2v) is 10.3. The molecule has 5 heteroatoms. The van der Waals surface area contributed by atoms with E-state index >= 15 is 0 Å². The van der Waals surface area contributed by atoms with Gasteiger partial charge in [-0.3, -0.25) is 0 Å². The van der Waals surface area contributed by atoms with Crippen LogP contribution in [-0.4, -0.2) is 17.9 Å². The third-order valence-electron chi connectivity index (χ3n) is 7.95. The summed E-state index contributed by atoms with van der Waals surface area (Å²) < 4.78 is 0. The highest BCUT2D eigenvalue weighted by Crippen LogP contribution is 2.81. The van der Waals surface area contributed by atoms with Gasteiger partial charge in [0.2, 0.25) is 0 Å². The van der Waals surface area contributed by atoms with Crippen molar-refractivity contribution >= 4 is 34.9 Å². The number of guanidine groups is 1. The molecule has 1 saturated carbocycles. The Labute approximate surface area is 197 Å². The quantitative estimate of drug-likeness (QED) is 0.484. The first-order valence-electron chi connectivity index (χ1n) is 11.0. The number of hydrogen-bond acceptors (Lipinski definition) is 3. The zero-order valence-electron chi connectivity index (χ0n) is 17.6. The second-order valence-electron chi connectivity index (χ2n) is 9.41. The number of nitrogens with two attached hydrogens (primary N) is 1. The molecule has 3 aromatic rings. The number of benzene rings is 3. The van der Waals surface area contributed by atoms with Crippen LogP contribution in [0.25, 0.3) is 16.8 Å². The van der Waals surface area contributed by atoms with Crippen LogP contribution in [0, 0.1) is 5.41 Å². The Bertz CT molecular complexity index is 1400. The van der Waals surface area contributed by atoms with Gasteiger partial charge in [0.05, 0.1) is 5.70 Å². The average molecular weight is 458 g/mol. The molecule has 3 aromatic carbocycles. The molecule has 2 unspecified atom stereocenters. The van der Waals surface area contributed by atoms with E-state index in [-0.39, 0.29) is 11.0 Å². The number of rotatable bonds is 1. The Hall–Kier alpha value is -2.75. The average Bonchev–Trinajstić information content (AvgIpc) is 3.27. The first-order valence-corrected chi connectivity index (χ1v) is 11.7. The molecule has 7 rings (SSSR count). The van der Waals surface area contributed by atoms with Crippen LogP contribution in [0.15, 0.2) is 71.2 Å². The lowest BCUT2D eigenvalue weighted by Gasteiger charge is -2.30. The molecule has 1 aliphatic heterocycles. The molecule has 2 spiro atoms. The first kappa shape index (κ1) is 18.8. The molecule has 2 N–H and O–H groups in total. The summed E-state index contributed by atoms with van der Waals surface area (Å²) in [6.07, 6.45) is 3.15. The monoisotopic (exact) mass is 457 g/mol. The lowest BCUT2D eigenvalue weighted by atomic mass is 9.91. The van der Waals surface area contributed by atoms with Crippen LogP contribution >= 0.6 is 23.2 Å². The van der Waals surface area contributed by atoms with Gasteiger partial charge >= 0.3 is 0 Å². The fraction of sp³-hybridized carbons (Fsp3) is 0.222. The summed E-state index contributed by atoms with van der Waals surface area (Å²) in [7, 11) is 2.04. The predicted molar refractivity (Wildman–Crippen MR) is 131 cm³/mol. The van der Waals surface area contributed by atoms with Crippen LogP contribution in [0.4, 0.5) is 0 Å². The molecule has 158 valence electrons. The molecule has 0 amide bonds. The van der Waals surface area contributed by atoms with Crippen molar-refractivity contribution in [1.82, 2.24) is 4.90 Å². The van der Waals surface area contributed by atoms with E-state index in [1.807, 2.05) is 19.2 Å². The highest BCUT2D eigenvalue weighted by molar-refractivity contribution is 6.35. The summed E-state index contributed by atoms with van der Waals surface area (Å²) in [4.78, 5) is 7.29. The van der Waals surface area contributed by atoms with Crippen LogP contribution in [0.5, 0.6) is 0 Å². The molecule has 0 radical (unpaired) electrons. The van der Waals surface area contributed by atoms with E-state index in [0.717, 1.165) is 30.4 Å². The van der Waals surface area contributed by atoms with Gasteiger partial charge in [-0.25, -0.2) is 4.99 Å². The Morgan fingerprint density at radius 3 is 2.53 bits per heavy atom. The molecule has 0 saturated heterocycles. The lowest BCUT2D eigenvalue weighted by molar-refractivity contribution is 0.424. The fourth-order valence-corrected chi connectivity index (χ4v) is 7.10. The first-order chi connectivity index (χ1) is 15.4. The molecule has 4 aliphatic rings. The van der Waals surface area contributed by atoms with Crippen molar-refractivity contribution in [2.45, 2.75) is 24.8 Å². The van der Waals surface area contributed by atoms with Crippen LogP contribution in [0.3, 0.4) is 0 Å². The van der Waals surface area contributed by atoms with Gasteiger partial charge in [0.15, 0.2) is 5.96 Å². The van der Waals surface area contributed by atoms with E-state index in [9.17, 15) is 0 Å². The van der Waals surface area contributed by atoms with E-state index in [0.29, 0.717) is 16.0 Å². The zero-order chi connectivity index (χ0) is 21.8. The summed E-state index contributed by atoms with van der Waals surface area (Å²) in [5.41, 5.74) is 16.4. The van der Waals surface area contributed by atoms with Crippen LogP contribution in [0.1, 0.15) is 28.7 Å². The largest absolute Gasteiger partial charge is 0.369 e. The molecular formula is C27H21Cl2N3. The van der Waals surface area contributed by atoms with Gasteiger partial charge in [0, 0.05) is 28.1 Å². The van der Waals surface area contributed by atoms with Gasteiger partial charge < -0.3 is 10.6 Å². The summed E-state index contributed by atoms with van der Waals surface area (Å²) in [5, 5.41) is 1.28. The number of aryl methyl sites for hydroxylation is 1. The Morgan fingerprint density at radius 1 is 0.938 bits per heavy atom. The van der Waals surface area contributed by atoms with Gasteiger partial charge in [-0.05, 0) is 76.9 Å². The number of fused-ring (bicyclic) bond motifs is 3. The van der Waals surface area contributed by atoms with Crippen molar-refractivity contribution in [3.63, 3.8) is 0 Å². The smallest absolute Gasteiger partial charge is 0.196 e. The SMILES string of the molecule is CN1C(N)=NC23C4=C1c1ccccc1CCC42Cc1ccc(-c2cc(Cl)cc(Cl)c2)cc13. The van der Waals surface area contributed by atoms with E-state index in [2.05, 4.69) is 47.4 Å². The van der Waals surface area contributed by atoms with Gasteiger partial charge in [0.25, 0.3) is 0 Å². The number of halogens is 2. The van der Waals surface area contributed by atoms with Crippen molar-refractivity contribution in [2.75, 3.05) is 7.05 Å². The highest BCUT2D eigenvalue weighted by Gasteiger charge is 2.79. The molecule has 0 aromatic heterocycles. The number of hydrogen-bond donors (Lipinski definition) is 1. The van der Waals surface area contributed by atoms with Crippen molar-refractivity contribution in [1.29, 1.82) is 0 Å². The highest BCUT2D eigenvalue weighted by atomic mass is 35.5. The van der Waals surface area contributed by atoms with Gasteiger partial charge in [-0.15, -0.1) is 0 Å². The molecule has 3 aliphatic carbocycles. The fourth-order valence-electron chi connectivity index (χ4n) is 6.57. The van der Waals surface area contributed by atoms with Crippen LogP contribution in [0.2, 0.25) is 10.0 Å². The zero-order valence-corrected chi connectivity index (χ0v) is 19.1. The van der Waals surface area contributed by atoms with E-state index < -0.39 is 0 Å². The standard InChI is InChI=1S/C27H21Cl2N3/c1-32-23-21-5-3-2-4-15(21)8-9-26-14-17-7-6-16(18-10-19(28)13-20(29)11-18)12-22(17)27(26,24(23)26)31-25(32)30/h2-7,10-13H,8-9,14H2,1H3,(H2,30,31). The third kappa shape index (κ3) is 2.11. The molecule has 1 heterocycles. The van der Waals surface area contributed by atoms with Crippen molar-refractivity contribution < 1.29 is 0 Å². The van der Waals surface area contributed by atoms with Crippen LogP contribution < -0.4 is 5.73 Å². The number of nitrogens with zero attached hydrogens (tertiary/aromatic N) is 2. The maximum absolute atomic E-state index is 6.56. The summed E-state index contributed by atoms with van der Waals surface area (Å²) in [6.45, 7) is 0. The van der Waals surface area contributed by atoms with E-state index in [1.165, 1.54) is 33.5 Å². The van der Waals surface area contributed by atoms with Gasteiger partial charge in [-0.2, -0.15) is 0 Å². The van der Waals surface area contributed by atoms with Crippen LogP contribution in [-0.2, 0) is 18.4 Å². The molecule has 32 heavy (non-hydrogen) atoms. The predicted octanol–water partition coefficient (Wildman–Crippen LogP) is 6.03. The summed E-state index contributed by atoms with van der Waals surface area (Å²) in [6, 6.07) is 21.2. The minimum atomic E-state index is -0.347. The topological polar surface area (TPSA) is 41.6 Å². The van der Waals surface area contributed by atoms with E-state index in [1.54, 1.807) is 6.07 Å². The Morgan fingerprint density at radius 2 is 1.72 bits per heavy atom. The maximum atomic E-state index is 6.56. The second kappa shape index (κ2) is 5.98. The van der Waals surface area contributed by atoms with Crippen molar-refractivity contribution in [3.05, 3.63) is 98.5 Å². The Kier molecular flexibility index (Phi) is 3.51. The normalized spacial score (nSPS) is 26.6. The van der Waals surface area contributed by atoms with Gasteiger partial charge in [0.1, 0.15) is 5.54 Å². The molecule has 3 nitrogen and oxygen atoms in total. The summed E-state index contributed by atoms with van der Waals surface area (Å²) >= 11 is 12.6. The molecule has 2 atom stereocenters. The molecular weight excluding hydrogens is 437 g/mol. The van der Waals surface area contributed by atoms with Crippen molar-refractivity contribution in [3.8, 4) is 11.1 Å². The third-order valence-corrected chi connectivity index (χ3v) is 8.39. The maximum Gasteiger partial charge on any atom is 0.196 e. The van der Waals surface area contributed by atoms with Gasteiger partial charge in [-0.1, -0.05) is 59.6 Å². The minimum absolute atomic E-state index is 0.0175. The molecule has 0 bridgehead atoms. The number of aliphatic imine (C=N–C) groups is 1. The van der Waals surface area contributed by atoms with E-state index in [4.69, 9.17) is 33.9 Å². The molecule has 1 fully saturated rings. The Balaban J connectivity index is 1.48. The summed E-state index contributed by atoms with van der Waals surface area (Å²) in [5.74, 6) is 0.589.